The highest BCUT2D eigenvalue weighted by molar-refractivity contribution is 7.89. The fourth-order valence-corrected chi connectivity index (χ4v) is 6.17. The van der Waals surface area contributed by atoms with Gasteiger partial charge in [-0.1, -0.05) is 38.1 Å². The first-order valence-electron chi connectivity index (χ1n) is 11.1. The molecule has 0 bridgehead atoms. The maximum atomic E-state index is 12.6. The van der Waals surface area contributed by atoms with Crippen molar-refractivity contribution in [1.29, 1.82) is 0 Å². The van der Waals surface area contributed by atoms with Gasteiger partial charge >= 0.3 is 0 Å². The predicted molar refractivity (Wildman–Crippen MR) is 131 cm³/mol. The third-order valence-electron chi connectivity index (χ3n) is 5.83. The molecule has 1 aliphatic rings. The SMILES string of the molecule is CCN(CC)S(=O)(=O)c1ccc(C(=O)Nc2nc(CN3CCc4ccccc4C3)cs2)cc1. The van der Waals surface area contributed by atoms with E-state index in [-0.39, 0.29) is 10.8 Å². The van der Waals surface area contributed by atoms with E-state index in [1.165, 1.54) is 51.0 Å². The van der Waals surface area contributed by atoms with E-state index in [4.69, 9.17) is 0 Å². The minimum Gasteiger partial charge on any atom is -0.298 e. The van der Waals surface area contributed by atoms with Gasteiger partial charge in [0.25, 0.3) is 5.91 Å². The molecule has 7 nitrogen and oxygen atoms in total. The van der Waals surface area contributed by atoms with Crippen LogP contribution in [0.5, 0.6) is 0 Å². The Balaban J connectivity index is 1.37. The van der Waals surface area contributed by atoms with Gasteiger partial charge in [-0.2, -0.15) is 4.31 Å². The average molecular weight is 485 g/mol. The summed E-state index contributed by atoms with van der Waals surface area (Å²) >= 11 is 1.39. The van der Waals surface area contributed by atoms with Crippen LogP contribution in [0.25, 0.3) is 0 Å². The third-order valence-corrected chi connectivity index (χ3v) is 8.70. The second-order valence-corrected chi connectivity index (χ2v) is 10.7. The maximum absolute atomic E-state index is 12.6. The fourth-order valence-electron chi connectivity index (χ4n) is 4.02. The average Bonchev–Trinajstić information content (AvgIpc) is 3.26. The molecule has 0 saturated carbocycles. The van der Waals surface area contributed by atoms with Crippen molar-refractivity contribution < 1.29 is 13.2 Å². The molecule has 1 aliphatic heterocycles. The van der Waals surface area contributed by atoms with E-state index in [1.54, 1.807) is 13.8 Å². The summed E-state index contributed by atoms with van der Waals surface area (Å²) in [5.41, 5.74) is 4.09. The molecule has 0 unspecified atom stereocenters. The summed E-state index contributed by atoms with van der Waals surface area (Å²) in [6.45, 7) is 7.02. The van der Waals surface area contributed by atoms with E-state index < -0.39 is 10.0 Å². The number of sulfonamides is 1. The van der Waals surface area contributed by atoms with Crippen LogP contribution in [0.15, 0.2) is 58.8 Å². The monoisotopic (exact) mass is 484 g/mol. The van der Waals surface area contributed by atoms with Crippen molar-refractivity contribution in [3.8, 4) is 0 Å². The molecule has 33 heavy (non-hydrogen) atoms. The highest BCUT2D eigenvalue weighted by Gasteiger charge is 2.22. The maximum Gasteiger partial charge on any atom is 0.257 e. The van der Waals surface area contributed by atoms with Crippen LogP contribution < -0.4 is 5.32 Å². The molecular weight excluding hydrogens is 456 g/mol. The molecular formula is C24H28N4O3S2. The number of thiazole rings is 1. The second-order valence-electron chi connectivity index (χ2n) is 7.94. The Kier molecular flexibility index (Phi) is 7.23. The lowest BCUT2D eigenvalue weighted by Gasteiger charge is -2.27. The van der Waals surface area contributed by atoms with Gasteiger partial charge in [0.05, 0.1) is 10.6 Å². The number of hydrogen-bond acceptors (Lipinski definition) is 6. The molecule has 0 radical (unpaired) electrons. The molecule has 0 spiro atoms. The second kappa shape index (κ2) is 10.1. The quantitative estimate of drug-likeness (QED) is 0.523. The molecule has 2 heterocycles. The number of carbonyl (C=O) groups excluding carboxylic acids is 1. The molecule has 1 aromatic heterocycles. The number of fused-ring (bicyclic) bond motifs is 1. The zero-order chi connectivity index (χ0) is 23.4. The number of amides is 1. The van der Waals surface area contributed by atoms with Gasteiger partial charge in [-0.25, -0.2) is 13.4 Å². The Morgan fingerprint density at radius 3 is 2.48 bits per heavy atom. The van der Waals surface area contributed by atoms with Gasteiger partial charge in [0, 0.05) is 43.7 Å². The third kappa shape index (κ3) is 5.33. The number of aromatic nitrogens is 1. The van der Waals surface area contributed by atoms with Crippen LogP contribution in [0.3, 0.4) is 0 Å². The largest absolute Gasteiger partial charge is 0.298 e. The van der Waals surface area contributed by atoms with E-state index in [2.05, 4.69) is 39.5 Å². The van der Waals surface area contributed by atoms with Crippen LogP contribution in [0.2, 0.25) is 0 Å². The summed E-state index contributed by atoms with van der Waals surface area (Å²) in [7, 11) is -3.55. The highest BCUT2D eigenvalue weighted by atomic mass is 32.2. The van der Waals surface area contributed by atoms with E-state index in [9.17, 15) is 13.2 Å². The van der Waals surface area contributed by atoms with Crippen molar-refractivity contribution in [3.05, 3.63) is 76.3 Å². The van der Waals surface area contributed by atoms with Gasteiger partial charge in [-0.3, -0.25) is 15.0 Å². The molecule has 1 N–H and O–H groups in total. The summed E-state index contributed by atoms with van der Waals surface area (Å²) in [5, 5.41) is 5.33. The molecule has 9 heteroatoms. The van der Waals surface area contributed by atoms with E-state index >= 15 is 0 Å². The van der Waals surface area contributed by atoms with Crippen LogP contribution in [0.1, 0.15) is 41.0 Å². The molecule has 2 aromatic carbocycles. The first-order chi connectivity index (χ1) is 15.9. The zero-order valence-electron chi connectivity index (χ0n) is 18.8. The Hall–Kier alpha value is -2.59. The standard InChI is InChI=1S/C24H28N4O3S2/c1-3-28(4-2)33(30,31)22-11-9-19(10-12-22)23(29)26-24-25-21(17-32-24)16-27-14-13-18-7-5-6-8-20(18)15-27/h5-12,17H,3-4,13-16H2,1-2H3,(H,25,26,29). The molecule has 4 rings (SSSR count). The van der Waals surface area contributed by atoms with Gasteiger partial charge in [-0.05, 0) is 41.8 Å². The lowest BCUT2D eigenvalue weighted by atomic mass is 10.00. The zero-order valence-corrected chi connectivity index (χ0v) is 20.5. The molecule has 0 atom stereocenters. The van der Waals surface area contributed by atoms with Crippen molar-refractivity contribution in [2.45, 2.75) is 38.3 Å². The number of nitrogens with zero attached hydrogens (tertiary/aromatic N) is 3. The van der Waals surface area contributed by atoms with Crippen LogP contribution in [-0.2, 0) is 29.5 Å². The number of hydrogen-bond donors (Lipinski definition) is 1. The normalized spacial score (nSPS) is 14.3. The molecule has 0 aliphatic carbocycles. The van der Waals surface area contributed by atoms with Crippen molar-refractivity contribution in [3.63, 3.8) is 0 Å². The summed E-state index contributed by atoms with van der Waals surface area (Å²) in [6, 6.07) is 14.5. The fraction of sp³-hybridized carbons (Fsp3) is 0.333. The molecule has 1 amide bonds. The first kappa shape index (κ1) is 23.6. The minimum atomic E-state index is -3.55. The Labute approximate surface area is 199 Å². The predicted octanol–water partition coefficient (Wildman–Crippen LogP) is 3.98. The molecule has 0 saturated heterocycles. The summed E-state index contributed by atoms with van der Waals surface area (Å²) in [5.74, 6) is -0.311. The van der Waals surface area contributed by atoms with Crippen molar-refractivity contribution >= 4 is 32.4 Å². The lowest BCUT2D eigenvalue weighted by molar-refractivity contribution is 0.102. The van der Waals surface area contributed by atoms with Crippen molar-refractivity contribution in [2.75, 3.05) is 25.0 Å². The minimum absolute atomic E-state index is 0.183. The van der Waals surface area contributed by atoms with Gasteiger partial charge in [0.2, 0.25) is 10.0 Å². The van der Waals surface area contributed by atoms with E-state index in [0.29, 0.717) is 23.8 Å². The highest BCUT2D eigenvalue weighted by Crippen LogP contribution is 2.23. The molecule has 3 aromatic rings. The Morgan fingerprint density at radius 2 is 1.79 bits per heavy atom. The van der Waals surface area contributed by atoms with Crippen LogP contribution >= 0.6 is 11.3 Å². The number of benzene rings is 2. The van der Waals surface area contributed by atoms with Crippen molar-refractivity contribution in [1.82, 2.24) is 14.2 Å². The first-order valence-corrected chi connectivity index (χ1v) is 13.4. The summed E-state index contributed by atoms with van der Waals surface area (Å²) < 4.78 is 26.6. The Morgan fingerprint density at radius 1 is 1.09 bits per heavy atom. The summed E-state index contributed by atoms with van der Waals surface area (Å²) in [6.07, 6.45) is 1.03. The molecule has 0 fully saturated rings. The lowest BCUT2D eigenvalue weighted by Crippen LogP contribution is -2.30. The smallest absolute Gasteiger partial charge is 0.257 e. The topological polar surface area (TPSA) is 82.6 Å². The van der Waals surface area contributed by atoms with Gasteiger partial charge < -0.3 is 0 Å². The van der Waals surface area contributed by atoms with E-state index in [0.717, 1.165) is 31.7 Å². The molecule has 174 valence electrons. The van der Waals surface area contributed by atoms with Crippen molar-refractivity contribution in [2.24, 2.45) is 0 Å². The van der Waals surface area contributed by atoms with Crippen LogP contribution in [-0.4, -0.2) is 48.1 Å². The van der Waals surface area contributed by atoms with Gasteiger partial charge in [0.15, 0.2) is 5.13 Å². The van der Waals surface area contributed by atoms with Crippen LogP contribution in [0.4, 0.5) is 5.13 Å². The number of anilines is 1. The number of nitrogens with one attached hydrogen (secondary N) is 1. The van der Waals surface area contributed by atoms with Gasteiger partial charge in [0.1, 0.15) is 0 Å². The summed E-state index contributed by atoms with van der Waals surface area (Å²) in [4.78, 5) is 19.8. The van der Waals surface area contributed by atoms with Crippen LogP contribution in [0, 0.1) is 0 Å². The Bertz CT molecular complexity index is 1220. The number of carbonyl (C=O) groups is 1. The van der Waals surface area contributed by atoms with Gasteiger partial charge in [-0.15, -0.1) is 11.3 Å². The van der Waals surface area contributed by atoms with E-state index in [1.807, 2.05) is 5.38 Å². The number of rotatable bonds is 8.